The monoisotopic (exact) mass is 259 g/mol. The highest BCUT2D eigenvalue weighted by Gasteiger charge is 2.20. The first-order valence-electron chi connectivity index (χ1n) is 5.64. The van der Waals surface area contributed by atoms with Crippen molar-refractivity contribution in [2.24, 2.45) is 0 Å². The number of rotatable bonds is 3. The van der Waals surface area contributed by atoms with E-state index in [1.54, 1.807) is 18.5 Å². The van der Waals surface area contributed by atoms with Crippen molar-refractivity contribution >= 4 is 16.7 Å². The standard InChI is InChI=1S/C11H9N5O3/c1-2-9-12-5-6-15(9)7-3-4-8(16(17)18)11-10(7)13-19-14-11/h3-6H,2H2,1H3. The average molecular weight is 259 g/mol. The van der Waals surface area contributed by atoms with Gasteiger partial charge in [-0.3, -0.25) is 10.1 Å². The van der Waals surface area contributed by atoms with E-state index in [-0.39, 0.29) is 11.2 Å². The summed E-state index contributed by atoms with van der Waals surface area (Å²) in [6.45, 7) is 1.97. The van der Waals surface area contributed by atoms with Crippen molar-refractivity contribution in [2.75, 3.05) is 0 Å². The molecule has 0 aliphatic heterocycles. The van der Waals surface area contributed by atoms with E-state index in [1.165, 1.54) is 6.07 Å². The molecule has 0 unspecified atom stereocenters. The van der Waals surface area contributed by atoms with Gasteiger partial charge < -0.3 is 4.57 Å². The maximum absolute atomic E-state index is 10.9. The predicted molar refractivity (Wildman–Crippen MR) is 65.0 cm³/mol. The topological polar surface area (TPSA) is 99.9 Å². The van der Waals surface area contributed by atoms with Crippen molar-refractivity contribution in [2.45, 2.75) is 13.3 Å². The Morgan fingerprint density at radius 1 is 1.37 bits per heavy atom. The molecule has 19 heavy (non-hydrogen) atoms. The summed E-state index contributed by atoms with van der Waals surface area (Å²) in [5.41, 5.74) is 1.02. The van der Waals surface area contributed by atoms with E-state index in [0.29, 0.717) is 11.2 Å². The number of imidazole rings is 1. The van der Waals surface area contributed by atoms with Crippen molar-refractivity contribution in [3.63, 3.8) is 0 Å². The summed E-state index contributed by atoms with van der Waals surface area (Å²) in [4.78, 5) is 14.6. The molecular weight excluding hydrogens is 250 g/mol. The van der Waals surface area contributed by atoms with Gasteiger partial charge in [0.25, 0.3) is 0 Å². The normalized spacial score (nSPS) is 11.0. The average Bonchev–Trinajstić information content (AvgIpc) is 3.05. The van der Waals surface area contributed by atoms with Crippen LogP contribution < -0.4 is 0 Å². The molecule has 8 heteroatoms. The fourth-order valence-electron chi connectivity index (χ4n) is 2.00. The minimum absolute atomic E-state index is 0.127. The molecule has 2 aromatic heterocycles. The molecule has 0 aliphatic carbocycles. The first-order valence-corrected chi connectivity index (χ1v) is 5.64. The van der Waals surface area contributed by atoms with Gasteiger partial charge in [0.1, 0.15) is 5.82 Å². The lowest BCUT2D eigenvalue weighted by Crippen LogP contribution is -2.01. The number of benzene rings is 1. The van der Waals surface area contributed by atoms with E-state index in [1.807, 2.05) is 11.5 Å². The molecule has 1 aromatic carbocycles. The van der Waals surface area contributed by atoms with Crippen LogP contribution in [0.15, 0.2) is 29.2 Å². The van der Waals surface area contributed by atoms with E-state index < -0.39 is 4.92 Å². The van der Waals surface area contributed by atoms with Crippen LogP contribution in [0.1, 0.15) is 12.7 Å². The number of fused-ring (bicyclic) bond motifs is 1. The van der Waals surface area contributed by atoms with Crippen LogP contribution in [0.3, 0.4) is 0 Å². The second kappa shape index (κ2) is 4.16. The van der Waals surface area contributed by atoms with Crippen LogP contribution in [0.2, 0.25) is 0 Å². The zero-order chi connectivity index (χ0) is 13.4. The number of hydrogen-bond donors (Lipinski definition) is 0. The molecule has 0 bridgehead atoms. The van der Waals surface area contributed by atoms with E-state index in [2.05, 4.69) is 19.9 Å². The summed E-state index contributed by atoms with van der Waals surface area (Å²) in [6.07, 6.45) is 4.17. The smallest absolute Gasteiger partial charge is 0.300 e. The van der Waals surface area contributed by atoms with E-state index in [0.717, 1.165) is 12.2 Å². The van der Waals surface area contributed by atoms with Crippen LogP contribution in [0.5, 0.6) is 0 Å². The number of hydrogen-bond acceptors (Lipinski definition) is 6. The molecule has 0 aliphatic rings. The lowest BCUT2D eigenvalue weighted by atomic mass is 10.2. The predicted octanol–water partition coefficient (Wildman–Crippen LogP) is 1.88. The molecule has 0 radical (unpaired) electrons. The number of aromatic nitrogens is 4. The molecule has 0 N–H and O–H groups in total. The highest BCUT2D eigenvalue weighted by atomic mass is 16.6. The van der Waals surface area contributed by atoms with Crippen molar-refractivity contribution < 1.29 is 9.55 Å². The van der Waals surface area contributed by atoms with Gasteiger partial charge in [0.15, 0.2) is 5.52 Å². The van der Waals surface area contributed by atoms with Gasteiger partial charge >= 0.3 is 5.69 Å². The van der Waals surface area contributed by atoms with Crippen molar-refractivity contribution in [3.8, 4) is 5.69 Å². The lowest BCUT2D eigenvalue weighted by Gasteiger charge is -2.06. The van der Waals surface area contributed by atoms with Crippen molar-refractivity contribution in [1.82, 2.24) is 19.9 Å². The summed E-state index contributed by atoms with van der Waals surface area (Å²) in [7, 11) is 0. The third kappa shape index (κ3) is 1.65. The summed E-state index contributed by atoms with van der Waals surface area (Å²) >= 11 is 0. The molecule has 0 atom stereocenters. The fraction of sp³-hybridized carbons (Fsp3) is 0.182. The van der Waals surface area contributed by atoms with Gasteiger partial charge in [-0.15, -0.1) is 0 Å². The van der Waals surface area contributed by atoms with Gasteiger partial charge in [0.2, 0.25) is 5.52 Å². The molecule has 3 rings (SSSR count). The second-order valence-electron chi connectivity index (χ2n) is 3.89. The van der Waals surface area contributed by atoms with Crippen LogP contribution in [-0.4, -0.2) is 24.8 Å². The number of aryl methyl sites for hydroxylation is 1. The van der Waals surface area contributed by atoms with Crippen LogP contribution >= 0.6 is 0 Å². The van der Waals surface area contributed by atoms with Crippen LogP contribution in [-0.2, 0) is 6.42 Å². The minimum atomic E-state index is -0.509. The van der Waals surface area contributed by atoms with Gasteiger partial charge in [0, 0.05) is 24.9 Å². The largest absolute Gasteiger partial charge is 0.301 e. The minimum Gasteiger partial charge on any atom is -0.301 e. The second-order valence-corrected chi connectivity index (χ2v) is 3.89. The number of nitro groups is 1. The third-order valence-electron chi connectivity index (χ3n) is 2.86. The Morgan fingerprint density at radius 2 is 2.16 bits per heavy atom. The molecule has 0 saturated heterocycles. The summed E-state index contributed by atoms with van der Waals surface area (Å²) < 4.78 is 6.45. The zero-order valence-corrected chi connectivity index (χ0v) is 9.98. The number of nitrogens with zero attached hydrogens (tertiary/aromatic N) is 5. The molecular formula is C11H9N5O3. The third-order valence-corrected chi connectivity index (χ3v) is 2.86. The highest BCUT2D eigenvalue weighted by molar-refractivity contribution is 5.90. The number of non-ortho nitro benzene ring substituents is 1. The van der Waals surface area contributed by atoms with Gasteiger partial charge in [-0.2, -0.15) is 0 Å². The Labute approximate surface area is 106 Å². The van der Waals surface area contributed by atoms with Crippen LogP contribution in [0, 0.1) is 10.1 Å². The quantitative estimate of drug-likeness (QED) is 0.525. The highest BCUT2D eigenvalue weighted by Crippen LogP contribution is 2.28. The maximum Gasteiger partial charge on any atom is 0.300 e. The van der Waals surface area contributed by atoms with Crippen molar-refractivity contribution in [1.29, 1.82) is 0 Å². The van der Waals surface area contributed by atoms with Gasteiger partial charge in [-0.1, -0.05) is 6.92 Å². The Bertz CT molecular complexity index is 761. The summed E-state index contributed by atoms with van der Waals surface area (Å²) in [5, 5.41) is 18.3. The molecule has 3 aromatic rings. The first-order chi connectivity index (χ1) is 9.22. The Morgan fingerprint density at radius 3 is 2.89 bits per heavy atom. The molecule has 0 saturated carbocycles. The van der Waals surface area contributed by atoms with E-state index in [9.17, 15) is 10.1 Å². The number of nitro benzene ring substituents is 1. The molecule has 96 valence electrons. The van der Waals surface area contributed by atoms with Crippen molar-refractivity contribution in [3.05, 3.63) is 40.5 Å². The maximum atomic E-state index is 10.9. The van der Waals surface area contributed by atoms with E-state index >= 15 is 0 Å². The first kappa shape index (κ1) is 11.3. The molecule has 0 spiro atoms. The van der Waals surface area contributed by atoms with Crippen LogP contribution in [0.25, 0.3) is 16.7 Å². The van der Waals surface area contributed by atoms with E-state index in [4.69, 9.17) is 0 Å². The molecule has 0 amide bonds. The molecule has 0 fully saturated rings. The lowest BCUT2D eigenvalue weighted by molar-refractivity contribution is -0.383. The molecule has 2 heterocycles. The fourth-order valence-corrected chi connectivity index (χ4v) is 2.00. The Kier molecular flexibility index (Phi) is 2.48. The van der Waals surface area contributed by atoms with Crippen LogP contribution in [0.4, 0.5) is 5.69 Å². The SMILES string of the molecule is CCc1nccn1-c1ccc([N+](=O)[O-])c2nonc12. The van der Waals surface area contributed by atoms with Gasteiger partial charge in [-0.25, -0.2) is 9.61 Å². The zero-order valence-electron chi connectivity index (χ0n) is 9.98. The Hall–Kier alpha value is -2.77. The van der Waals surface area contributed by atoms with Gasteiger partial charge in [-0.05, 0) is 16.4 Å². The molecule has 8 nitrogen and oxygen atoms in total. The summed E-state index contributed by atoms with van der Waals surface area (Å²) in [5.74, 6) is 0.832. The van der Waals surface area contributed by atoms with Gasteiger partial charge in [0.05, 0.1) is 10.6 Å². The summed E-state index contributed by atoms with van der Waals surface area (Å²) in [6, 6.07) is 3.01. The Balaban J connectivity index is 2.29.